The summed E-state index contributed by atoms with van der Waals surface area (Å²) in [5.74, 6) is 6.68. The monoisotopic (exact) mass is 316 g/mol. The highest BCUT2D eigenvalue weighted by Crippen LogP contribution is 2.09. The molecule has 2 rings (SSSR count). The Balaban J connectivity index is 2.60. The molecule has 0 atom stereocenters. The van der Waals surface area contributed by atoms with E-state index in [0.717, 1.165) is 25.7 Å². The summed E-state index contributed by atoms with van der Waals surface area (Å²) in [6, 6.07) is 0. The van der Waals surface area contributed by atoms with Crippen molar-refractivity contribution in [3.05, 3.63) is 26.7 Å². The van der Waals surface area contributed by atoms with Crippen molar-refractivity contribution in [2.75, 3.05) is 0 Å². The number of aromatic nitrogens is 4. The lowest BCUT2D eigenvalue weighted by atomic mass is 10.2. The van der Waals surface area contributed by atoms with E-state index in [2.05, 4.69) is 23.7 Å². The maximum absolute atomic E-state index is 12.5. The smallest absolute Gasteiger partial charge is 0.315 e. The highest BCUT2D eigenvalue weighted by Gasteiger charge is 2.17. The van der Waals surface area contributed by atoms with Gasteiger partial charge in [0, 0.05) is 26.6 Å². The van der Waals surface area contributed by atoms with Crippen LogP contribution in [-0.2, 0) is 20.1 Å². The van der Waals surface area contributed by atoms with Crippen molar-refractivity contribution in [2.24, 2.45) is 7.05 Å². The minimum atomic E-state index is -0.312. The standard InChI is InChI=1S/C17H24N4O2/c1-5-8-9-10-11-12-13-18-15-14(19(13)4)16(22)21(7-3)17(23)20(15)6-2/h5-10H2,1-4H3. The van der Waals surface area contributed by atoms with Crippen LogP contribution in [0.25, 0.3) is 11.2 Å². The molecule has 2 aromatic rings. The van der Waals surface area contributed by atoms with E-state index in [1.54, 1.807) is 18.5 Å². The van der Waals surface area contributed by atoms with Crippen LogP contribution in [0.1, 0.15) is 52.3 Å². The second kappa shape index (κ2) is 7.32. The summed E-state index contributed by atoms with van der Waals surface area (Å²) in [5, 5.41) is 0. The molecule has 23 heavy (non-hydrogen) atoms. The summed E-state index contributed by atoms with van der Waals surface area (Å²) in [6.07, 6.45) is 4.20. The summed E-state index contributed by atoms with van der Waals surface area (Å²) in [6.45, 7) is 6.63. The fourth-order valence-corrected chi connectivity index (χ4v) is 2.64. The van der Waals surface area contributed by atoms with E-state index in [0.29, 0.717) is 30.1 Å². The first-order chi connectivity index (χ1) is 11.1. The lowest BCUT2D eigenvalue weighted by Gasteiger charge is -2.07. The molecule has 0 spiro atoms. The average Bonchev–Trinajstić information content (AvgIpc) is 2.85. The fraction of sp³-hybridized carbons (Fsp3) is 0.588. The molecule has 2 aromatic heterocycles. The minimum Gasteiger partial charge on any atom is -0.315 e. The van der Waals surface area contributed by atoms with E-state index in [9.17, 15) is 9.59 Å². The summed E-state index contributed by atoms with van der Waals surface area (Å²) in [7, 11) is 1.78. The molecule has 0 aliphatic rings. The molecule has 0 aliphatic carbocycles. The Labute approximate surface area is 135 Å². The van der Waals surface area contributed by atoms with Gasteiger partial charge in [-0.1, -0.05) is 25.7 Å². The van der Waals surface area contributed by atoms with Crippen LogP contribution in [0.5, 0.6) is 0 Å². The molecule has 2 heterocycles. The Morgan fingerprint density at radius 1 is 1.04 bits per heavy atom. The van der Waals surface area contributed by atoms with Crippen LogP contribution in [0, 0.1) is 11.8 Å². The van der Waals surface area contributed by atoms with Gasteiger partial charge in [0.05, 0.1) is 0 Å². The Morgan fingerprint density at radius 2 is 1.74 bits per heavy atom. The number of hydrogen-bond acceptors (Lipinski definition) is 3. The zero-order valence-corrected chi connectivity index (χ0v) is 14.3. The highest BCUT2D eigenvalue weighted by atomic mass is 16.2. The van der Waals surface area contributed by atoms with Crippen LogP contribution in [0.4, 0.5) is 0 Å². The van der Waals surface area contributed by atoms with Gasteiger partial charge < -0.3 is 4.57 Å². The maximum Gasteiger partial charge on any atom is 0.332 e. The molecular formula is C17H24N4O2. The van der Waals surface area contributed by atoms with E-state index in [1.807, 2.05) is 6.92 Å². The molecule has 0 saturated heterocycles. The molecule has 6 nitrogen and oxygen atoms in total. The lowest BCUT2D eigenvalue weighted by Crippen LogP contribution is -2.39. The lowest BCUT2D eigenvalue weighted by molar-refractivity contribution is 0.604. The normalized spacial score (nSPS) is 10.8. The molecule has 0 aromatic carbocycles. The van der Waals surface area contributed by atoms with Crippen LogP contribution in [0.2, 0.25) is 0 Å². The van der Waals surface area contributed by atoms with E-state index >= 15 is 0 Å². The number of aryl methyl sites for hydroxylation is 2. The number of rotatable bonds is 5. The van der Waals surface area contributed by atoms with E-state index in [-0.39, 0.29) is 11.2 Å². The van der Waals surface area contributed by atoms with Crippen LogP contribution in [0.15, 0.2) is 9.59 Å². The third-order valence-electron chi connectivity index (χ3n) is 3.98. The Kier molecular flexibility index (Phi) is 5.43. The molecule has 0 aliphatic heterocycles. The van der Waals surface area contributed by atoms with Crippen molar-refractivity contribution in [1.82, 2.24) is 18.7 Å². The van der Waals surface area contributed by atoms with Crippen molar-refractivity contribution in [3.8, 4) is 11.8 Å². The van der Waals surface area contributed by atoms with Crippen LogP contribution >= 0.6 is 0 Å². The summed E-state index contributed by atoms with van der Waals surface area (Å²) in [5.41, 5.74) is 0.248. The zero-order chi connectivity index (χ0) is 17.0. The van der Waals surface area contributed by atoms with Crippen molar-refractivity contribution in [3.63, 3.8) is 0 Å². The van der Waals surface area contributed by atoms with Crippen molar-refractivity contribution in [2.45, 2.75) is 59.5 Å². The van der Waals surface area contributed by atoms with Crippen LogP contribution in [-0.4, -0.2) is 18.7 Å². The molecule has 0 fully saturated rings. The van der Waals surface area contributed by atoms with Gasteiger partial charge in [0.25, 0.3) is 5.56 Å². The average molecular weight is 316 g/mol. The molecule has 124 valence electrons. The molecular weight excluding hydrogens is 292 g/mol. The molecule has 0 amide bonds. The van der Waals surface area contributed by atoms with Crippen molar-refractivity contribution >= 4 is 11.2 Å². The second-order valence-electron chi connectivity index (χ2n) is 5.50. The molecule has 0 N–H and O–H groups in total. The number of nitrogens with zero attached hydrogens (tertiary/aromatic N) is 4. The molecule has 0 unspecified atom stereocenters. The van der Waals surface area contributed by atoms with Crippen molar-refractivity contribution in [1.29, 1.82) is 0 Å². The maximum atomic E-state index is 12.5. The Morgan fingerprint density at radius 3 is 2.35 bits per heavy atom. The van der Waals surface area contributed by atoms with E-state index < -0.39 is 0 Å². The molecule has 6 heteroatoms. The highest BCUT2D eigenvalue weighted by molar-refractivity contribution is 5.72. The third kappa shape index (κ3) is 3.09. The van der Waals surface area contributed by atoms with Crippen LogP contribution < -0.4 is 11.2 Å². The van der Waals surface area contributed by atoms with Crippen LogP contribution in [0.3, 0.4) is 0 Å². The summed E-state index contributed by atoms with van der Waals surface area (Å²) in [4.78, 5) is 29.3. The van der Waals surface area contributed by atoms with Gasteiger partial charge in [0.15, 0.2) is 17.0 Å². The Hall–Kier alpha value is -2.29. The van der Waals surface area contributed by atoms with Gasteiger partial charge in [-0.15, -0.1) is 0 Å². The fourth-order valence-electron chi connectivity index (χ4n) is 2.64. The SMILES string of the molecule is CCCCCC#Cc1nc2c(c(=O)n(CC)c(=O)n2CC)n1C. The van der Waals surface area contributed by atoms with Crippen molar-refractivity contribution < 1.29 is 0 Å². The molecule has 0 saturated carbocycles. The quantitative estimate of drug-likeness (QED) is 0.625. The number of hydrogen-bond donors (Lipinski definition) is 0. The number of fused-ring (bicyclic) bond motifs is 1. The largest absolute Gasteiger partial charge is 0.332 e. The van der Waals surface area contributed by atoms with Gasteiger partial charge in [0.1, 0.15) is 0 Å². The van der Waals surface area contributed by atoms with Gasteiger partial charge in [0.2, 0.25) is 0 Å². The second-order valence-corrected chi connectivity index (χ2v) is 5.50. The summed E-state index contributed by atoms with van der Waals surface area (Å²) < 4.78 is 4.47. The first kappa shape index (κ1) is 17.1. The van der Waals surface area contributed by atoms with Gasteiger partial charge >= 0.3 is 5.69 Å². The molecule has 0 bridgehead atoms. The number of unbranched alkanes of at least 4 members (excludes halogenated alkanes) is 3. The van der Waals surface area contributed by atoms with Gasteiger partial charge in [-0.2, -0.15) is 0 Å². The van der Waals surface area contributed by atoms with E-state index in [4.69, 9.17) is 0 Å². The van der Waals surface area contributed by atoms with Gasteiger partial charge in [-0.25, -0.2) is 9.78 Å². The topological polar surface area (TPSA) is 61.8 Å². The first-order valence-corrected chi connectivity index (χ1v) is 8.25. The predicted molar refractivity (Wildman–Crippen MR) is 91.6 cm³/mol. The number of imidazole rings is 1. The molecule has 0 radical (unpaired) electrons. The van der Waals surface area contributed by atoms with E-state index in [1.165, 1.54) is 9.13 Å². The zero-order valence-electron chi connectivity index (χ0n) is 14.3. The predicted octanol–water partition coefficient (Wildman–Crippen LogP) is 1.87. The van der Waals surface area contributed by atoms with Gasteiger partial charge in [-0.05, 0) is 26.2 Å². The Bertz CT molecular complexity index is 874. The third-order valence-corrected chi connectivity index (χ3v) is 3.98. The first-order valence-electron chi connectivity index (χ1n) is 8.25. The van der Waals surface area contributed by atoms with Gasteiger partial charge in [-0.3, -0.25) is 13.9 Å². The summed E-state index contributed by atoms with van der Waals surface area (Å²) >= 11 is 0. The minimum absolute atomic E-state index is 0.300.